The fourth-order valence-corrected chi connectivity index (χ4v) is 4.08. The molecule has 1 aromatic carbocycles. The highest BCUT2D eigenvalue weighted by Gasteiger charge is 2.22. The molecule has 4 rings (SSSR count). The van der Waals surface area contributed by atoms with E-state index in [0.29, 0.717) is 23.3 Å². The molecule has 0 spiro atoms. The molecule has 1 N–H and O–H groups in total. The second-order valence-electron chi connectivity index (χ2n) is 6.74. The Balaban J connectivity index is 1.31. The second-order valence-corrected chi connectivity index (χ2v) is 7.91. The lowest BCUT2D eigenvalue weighted by atomic mass is 10.2. The Morgan fingerprint density at radius 3 is 2.63 bits per heavy atom. The van der Waals surface area contributed by atoms with Crippen molar-refractivity contribution in [3.05, 3.63) is 41.0 Å². The maximum atomic E-state index is 5.93. The van der Waals surface area contributed by atoms with Gasteiger partial charge in [0.25, 0.3) is 0 Å². The molecule has 1 fully saturated rings. The van der Waals surface area contributed by atoms with Gasteiger partial charge in [-0.05, 0) is 24.3 Å². The fraction of sp³-hybridized carbons (Fsp3) is 0.421. The molecule has 1 aliphatic rings. The van der Waals surface area contributed by atoms with Crippen LogP contribution in [-0.2, 0) is 13.0 Å². The molecular weight excluding hydrogens is 424 g/mol. The molecule has 3 aromatic rings. The Labute approximate surface area is 183 Å². The molecule has 0 amide bonds. The summed E-state index contributed by atoms with van der Waals surface area (Å²) >= 11 is 7.40. The minimum Gasteiger partial charge on any atom is -0.347 e. The molecule has 0 aliphatic carbocycles. The van der Waals surface area contributed by atoms with Crippen molar-refractivity contribution in [3.8, 4) is 11.4 Å². The van der Waals surface area contributed by atoms with Crippen LogP contribution in [0.1, 0.15) is 18.6 Å². The third-order valence-electron chi connectivity index (χ3n) is 4.80. The summed E-state index contributed by atoms with van der Waals surface area (Å²) in [4.78, 5) is 17.9. The number of benzene rings is 1. The van der Waals surface area contributed by atoms with Gasteiger partial charge in [-0.2, -0.15) is 9.36 Å². The van der Waals surface area contributed by atoms with Crippen LogP contribution in [0.5, 0.6) is 0 Å². The summed E-state index contributed by atoms with van der Waals surface area (Å²) in [6.07, 6.45) is 0.864. The first-order valence-electron chi connectivity index (χ1n) is 9.78. The largest absolute Gasteiger partial charge is 0.347 e. The van der Waals surface area contributed by atoms with E-state index in [4.69, 9.17) is 16.1 Å². The van der Waals surface area contributed by atoms with Gasteiger partial charge in [-0.15, -0.1) is 0 Å². The summed E-state index contributed by atoms with van der Waals surface area (Å²) in [5.74, 6) is 2.76. The number of halogens is 1. The number of rotatable bonds is 5. The molecule has 2 aromatic heterocycles. The summed E-state index contributed by atoms with van der Waals surface area (Å²) < 4.78 is 9.75. The van der Waals surface area contributed by atoms with Crippen molar-refractivity contribution in [1.29, 1.82) is 0 Å². The average Bonchev–Trinajstić information content (AvgIpc) is 3.45. The fourth-order valence-electron chi connectivity index (χ4n) is 3.16. The minimum absolute atomic E-state index is 0.406. The summed E-state index contributed by atoms with van der Waals surface area (Å²) in [6, 6.07) is 7.34. The molecular formula is C19H23ClN8OS. The summed E-state index contributed by atoms with van der Waals surface area (Å²) in [5, 5.41) is 9.02. The first kappa shape index (κ1) is 20.5. The van der Waals surface area contributed by atoms with E-state index >= 15 is 0 Å². The number of hydrogen-bond acceptors (Lipinski definition) is 8. The van der Waals surface area contributed by atoms with E-state index in [9.17, 15) is 0 Å². The Kier molecular flexibility index (Phi) is 6.44. The van der Waals surface area contributed by atoms with Gasteiger partial charge in [0.1, 0.15) is 5.82 Å². The predicted molar refractivity (Wildman–Crippen MR) is 118 cm³/mol. The van der Waals surface area contributed by atoms with E-state index in [1.807, 2.05) is 12.1 Å². The lowest BCUT2D eigenvalue weighted by Crippen LogP contribution is -2.52. The van der Waals surface area contributed by atoms with Crippen LogP contribution in [0.25, 0.3) is 11.4 Å². The van der Waals surface area contributed by atoms with Crippen molar-refractivity contribution in [1.82, 2.24) is 29.7 Å². The van der Waals surface area contributed by atoms with Crippen molar-refractivity contribution < 1.29 is 4.52 Å². The number of aryl methyl sites for hydroxylation is 1. The molecule has 0 radical (unpaired) electrons. The number of nitrogens with one attached hydrogen (secondary N) is 1. The van der Waals surface area contributed by atoms with Gasteiger partial charge < -0.3 is 19.6 Å². The molecule has 9 nitrogen and oxygen atoms in total. The Morgan fingerprint density at radius 1 is 1.20 bits per heavy atom. The SMILES string of the molecule is CCc1nsc(N2CCN(C(=NC)NCc3nc(-c4ccc(Cl)cc4)no3)CC2)n1. The molecule has 30 heavy (non-hydrogen) atoms. The van der Waals surface area contributed by atoms with Gasteiger partial charge in [-0.1, -0.05) is 23.7 Å². The van der Waals surface area contributed by atoms with Crippen LogP contribution in [-0.4, -0.2) is 63.6 Å². The van der Waals surface area contributed by atoms with Crippen molar-refractivity contribution in [2.24, 2.45) is 4.99 Å². The summed E-state index contributed by atoms with van der Waals surface area (Å²) in [7, 11) is 1.78. The smallest absolute Gasteiger partial charge is 0.246 e. The number of aromatic nitrogens is 4. The monoisotopic (exact) mass is 446 g/mol. The number of piperazine rings is 1. The van der Waals surface area contributed by atoms with Gasteiger partial charge >= 0.3 is 0 Å². The molecule has 0 unspecified atom stereocenters. The Hall–Kier alpha value is -2.72. The van der Waals surface area contributed by atoms with Gasteiger partial charge in [0.15, 0.2) is 5.96 Å². The van der Waals surface area contributed by atoms with Crippen LogP contribution in [0.15, 0.2) is 33.8 Å². The third-order valence-corrected chi connectivity index (χ3v) is 5.87. The Morgan fingerprint density at radius 2 is 1.97 bits per heavy atom. The maximum absolute atomic E-state index is 5.93. The summed E-state index contributed by atoms with van der Waals surface area (Å²) in [5.41, 5.74) is 0.859. The van der Waals surface area contributed by atoms with Crippen LogP contribution >= 0.6 is 23.1 Å². The molecule has 0 atom stereocenters. The highest BCUT2D eigenvalue weighted by molar-refractivity contribution is 7.09. The van der Waals surface area contributed by atoms with Crippen LogP contribution < -0.4 is 10.2 Å². The highest BCUT2D eigenvalue weighted by Crippen LogP contribution is 2.20. The van der Waals surface area contributed by atoms with Gasteiger partial charge in [-0.3, -0.25) is 4.99 Å². The zero-order valence-corrected chi connectivity index (χ0v) is 18.4. The molecule has 0 bridgehead atoms. The third kappa shape index (κ3) is 4.71. The normalized spacial score (nSPS) is 15.0. The van der Waals surface area contributed by atoms with E-state index in [-0.39, 0.29) is 0 Å². The van der Waals surface area contributed by atoms with E-state index < -0.39 is 0 Å². The topological polar surface area (TPSA) is 95.6 Å². The number of guanidine groups is 1. The van der Waals surface area contributed by atoms with Crippen molar-refractivity contribution >= 4 is 34.2 Å². The minimum atomic E-state index is 0.406. The van der Waals surface area contributed by atoms with Crippen LogP contribution in [0.2, 0.25) is 5.02 Å². The summed E-state index contributed by atoms with van der Waals surface area (Å²) in [6.45, 7) is 5.92. The molecule has 1 saturated heterocycles. The van der Waals surface area contributed by atoms with Gasteiger partial charge in [0.05, 0.1) is 6.54 Å². The average molecular weight is 447 g/mol. The first-order valence-corrected chi connectivity index (χ1v) is 10.9. The Bertz CT molecular complexity index is 994. The van der Waals surface area contributed by atoms with Crippen LogP contribution in [0.3, 0.4) is 0 Å². The van der Waals surface area contributed by atoms with Crippen molar-refractivity contribution in [2.45, 2.75) is 19.9 Å². The van der Waals surface area contributed by atoms with E-state index in [2.05, 4.69) is 46.5 Å². The highest BCUT2D eigenvalue weighted by atomic mass is 35.5. The molecule has 11 heteroatoms. The van der Waals surface area contributed by atoms with Crippen LogP contribution in [0, 0.1) is 0 Å². The number of anilines is 1. The maximum Gasteiger partial charge on any atom is 0.246 e. The second kappa shape index (κ2) is 9.40. The number of hydrogen-bond donors (Lipinski definition) is 1. The predicted octanol–water partition coefficient (Wildman–Crippen LogP) is 2.70. The first-order chi connectivity index (χ1) is 14.7. The van der Waals surface area contributed by atoms with Crippen LogP contribution in [0.4, 0.5) is 5.13 Å². The quantitative estimate of drug-likeness (QED) is 0.472. The van der Waals surface area contributed by atoms with E-state index in [1.165, 1.54) is 11.5 Å². The number of nitrogens with zero attached hydrogens (tertiary/aromatic N) is 7. The molecule has 1 aliphatic heterocycles. The molecule has 158 valence electrons. The standard InChI is InChI=1S/C19H23ClN8OS/c1-3-15-23-19(30-26-15)28-10-8-27(9-11-28)18(21-2)22-12-16-24-17(25-29-16)13-4-6-14(20)7-5-13/h4-7H,3,8-12H2,1-2H3,(H,21,22). The number of aliphatic imine (C=N–C) groups is 1. The van der Waals surface area contributed by atoms with E-state index in [0.717, 1.165) is 55.1 Å². The van der Waals surface area contributed by atoms with Gasteiger partial charge in [0.2, 0.25) is 16.8 Å². The van der Waals surface area contributed by atoms with Crippen molar-refractivity contribution in [2.75, 3.05) is 38.1 Å². The zero-order chi connectivity index (χ0) is 20.9. The van der Waals surface area contributed by atoms with Gasteiger partial charge in [0, 0.05) is 61.8 Å². The van der Waals surface area contributed by atoms with Crippen molar-refractivity contribution in [3.63, 3.8) is 0 Å². The lowest BCUT2D eigenvalue weighted by molar-refractivity contribution is 0.355. The van der Waals surface area contributed by atoms with E-state index in [1.54, 1.807) is 19.2 Å². The zero-order valence-electron chi connectivity index (χ0n) is 16.9. The van der Waals surface area contributed by atoms with Gasteiger partial charge in [-0.25, -0.2) is 4.98 Å². The molecule has 0 saturated carbocycles. The lowest BCUT2D eigenvalue weighted by Gasteiger charge is -2.36. The molecule has 3 heterocycles.